The third kappa shape index (κ3) is 22.5. The number of hydrogen-bond donors (Lipinski definition) is 1. The van der Waals surface area contributed by atoms with E-state index in [4.69, 9.17) is 5.11 Å². The molecule has 1 heteroatoms. The van der Waals surface area contributed by atoms with Crippen LogP contribution in [0.4, 0.5) is 0 Å². The maximum Gasteiger partial charge on any atom is 0.0319 e. The Hall–Kier alpha value is -0.820. The quantitative estimate of drug-likeness (QED) is 0.655. The van der Waals surface area contributed by atoms with Crippen LogP contribution in [0.2, 0.25) is 0 Å². The summed E-state index contributed by atoms with van der Waals surface area (Å²) in [4.78, 5) is 0. The average molecular weight is 202 g/mol. The maximum absolute atomic E-state index is 7.00. The van der Waals surface area contributed by atoms with Gasteiger partial charge in [-0.1, -0.05) is 72.0 Å². The fourth-order valence-corrected chi connectivity index (χ4v) is 0.534. The zero-order valence-electron chi connectivity index (χ0n) is 7.83. The van der Waals surface area contributed by atoms with E-state index in [2.05, 4.69) is 19.1 Å². The molecule has 0 aliphatic carbocycles. The van der Waals surface area contributed by atoms with Gasteiger partial charge >= 0.3 is 0 Å². The predicted octanol–water partition coefficient (Wildman–Crippen LogP) is 4.54. The van der Waals surface area contributed by atoms with Crippen LogP contribution in [-0.4, -0.2) is 12.2 Å². The van der Waals surface area contributed by atoms with Gasteiger partial charge in [0.25, 0.3) is 0 Å². The topological polar surface area (TPSA) is 20.2 Å². The summed E-state index contributed by atoms with van der Waals surface area (Å²) < 4.78 is 0. The molecule has 14 heavy (non-hydrogen) atoms. The highest BCUT2D eigenvalue weighted by molar-refractivity contribution is 5.11. The lowest BCUT2D eigenvalue weighted by Crippen LogP contribution is -1.62. The Bertz CT molecular complexity index is 135. The van der Waals surface area contributed by atoms with Crippen molar-refractivity contribution in [2.45, 2.75) is 43.1 Å². The Morgan fingerprint density at radius 2 is 1.07 bits per heavy atom. The second kappa shape index (κ2) is 29.5. The van der Waals surface area contributed by atoms with E-state index in [1.165, 1.54) is 5.56 Å². The van der Waals surface area contributed by atoms with Gasteiger partial charge in [0.2, 0.25) is 0 Å². The molecular formula is C13H30O. The first-order valence-corrected chi connectivity index (χ1v) is 3.86. The Morgan fingerprint density at radius 1 is 0.786 bits per heavy atom. The number of aliphatic hydroxyl groups excluding tert-OH is 1. The normalized spacial score (nSPS) is 5.21. The van der Waals surface area contributed by atoms with Crippen LogP contribution in [0.5, 0.6) is 0 Å². The van der Waals surface area contributed by atoms with Crippen molar-refractivity contribution in [2.75, 3.05) is 7.11 Å². The molecule has 0 heterocycles. The van der Waals surface area contributed by atoms with E-state index in [0.29, 0.717) is 0 Å². The summed E-state index contributed by atoms with van der Waals surface area (Å²) in [7, 11) is 1.00. The summed E-state index contributed by atoms with van der Waals surface area (Å²) in [6.45, 7) is 6.08. The van der Waals surface area contributed by atoms with E-state index in [1.807, 2.05) is 32.0 Å². The fraction of sp³-hybridized carbons (Fsp3) is 0.538. The molecule has 0 unspecified atom stereocenters. The third-order valence-electron chi connectivity index (χ3n) is 0.940. The van der Waals surface area contributed by atoms with E-state index >= 15 is 0 Å². The van der Waals surface area contributed by atoms with Gasteiger partial charge in [-0.2, -0.15) is 0 Å². The monoisotopic (exact) mass is 202 g/mol. The van der Waals surface area contributed by atoms with Crippen LogP contribution in [0.15, 0.2) is 30.3 Å². The van der Waals surface area contributed by atoms with E-state index in [1.54, 1.807) is 0 Å². The van der Waals surface area contributed by atoms with Crippen molar-refractivity contribution in [1.82, 2.24) is 0 Å². The van der Waals surface area contributed by atoms with Gasteiger partial charge in [0.1, 0.15) is 0 Å². The van der Waals surface area contributed by atoms with Crippen molar-refractivity contribution in [1.29, 1.82) is 0 Å². The van der Waals surface area contributed by atoms with Gasteiger partial charge in [-0.3, -0.25) is 0 Å². The van der Waals surface area contributed by atoms with Crippen LogP contribution >= 0.6 is 0 Å². The molecule has 0 saturated carbocycles. The number of benzene rings is 1. The second-order valence-electron chi connectivity index (χ2n) is 1.65. The summed E-state index contributed by atoms with van der Waals surface area (Å²) in [6, 6.07) is 10.3. The maximum atomic E-state index is 7.00. The molecule has 0 aliphatic heterocycles. The molecule has 1 nitrogen and oxygen atoms in total. The molecule has 1 aromatic rings. The van der Waals surface area contributed by atoms with Gasteiger partial charge in [0.05, 0.1) is 0 Å². The molecule has 0 atom stereocenters. The smallest absolute Gasteiger partial charge is 0.0319 e. The minimum absolute atomic E-state index is 0. The van der Waals surface area contributed by atoms with Crippen LogP contribution in [0.25, 0.3) is 0 Å². The van der Waals surface area contributed by atoms with Gasteiger partial charge in [0.15, 0.2) is 0 Å². The highest BCUT2D eigenvalue weighted by Gasteiger charge is 1.72. The van der Waals surface area contributed by atoms with Crippen molar-refractivity contribution in [3.8, 4) is 0 Å². The molecule has 0 radical (unpaired) electrons. The van der Waals surface area contributed by atoms with Gasteiger partial charge in [-0.15, -0.1) is 0 Å². The summed E-state index contributed by atoms with van der Waals surface area (Å²) in [5.74, 6) is 0. The van der Waals surface area contributed by atoms with E-state index < -0.39 is 0 Å². The molecule has 1 rings (SSSR count). The Balaban J connectivity index is -0.0000000350. The largest absolute Gasteiger partial charge is 0.400 e. The lowest BCUT2D eigenvalue weighted by Gasteiger charge is -1.82. The number of aliphatic hydroxyl groups is 1. The van der Waals surface area contributed by atoms with E-state index in [0.717, 1.165) is 7.11 Å². The molecule has 0 aliphatic rings. The number of aryl methyl sites for hydroxylation is 1. The zero-order valence-corrected chi connectivity index (χ0v) is 7.83. The Labute approximate surface area is 91.8 Å². The third-order valence-corrected chi connectivity index (χ3v) is 0.940. The molecule has 0 saturated heterocycles. The minimum Gasteiger partial charge on any atom is -0.400 e. The van der Waals surface area contributed by atoms with Crippen molar-refractivity contribution < 1.29 is 5.11 Å². The Morgan fingerprint density at radius 3 is 1.21 bits per heavy atom. The summed E-state index contributed by atoms with van der Waals surface area (Å²) in [6.07, 6.45) is 0. The van der Waals surface area contributed by atoms with E-state index in [9.17, 15) is 0 Å². The van der Waals surface area contributed by atoms with Gasteiger partial charge in [-0.25, -0.2) is 0 Å². The lowest BCUT2D eigenvalue weighted by atomic mass is 10.2. The Kier molecular flexibility index (Phi) is 61.6. The molecule has 0 bridgehead atoms. The average Bonchev–Trinajstić information content (AvgIpc) is 2.13. The minimum atomic E-state index is 0. The van der Waals surface area contributed by atoms with Gasteiger partial charge in [0, 0.05) is 7.11 Å². The summed E-state index contributed by atoms with van der Waals surface area (Å²) in [5, 5.41) is 7.00. The first-order chi connectivity index (χ1) is 5.39. The SMILES string of the molecule is C.C.C.CC.CO.Cc1ccccc1. The van der Waals surface area contributed by atoms with Crippen molar-refractivity contribution in [2.24, 2.45) is 0 Å². The van der Waals surface area contributed by atoms with Gasteiger partial charge < -0.3 is 5.11 Å². The van der Waals surface area contributed by atoms with Crippen LogP contribution in [0.3, 0.4) is 0 Å². The summed E-state index contributed by atoms with van der Waals surface area (Å²) in [5.41, 5.74) is 1.32. The van der Waals surface area contributed by atoms with Crippen molar-refractivity contribution in [3.63, 3.8) is 0 Å². The highest BCUT2D eigenvalue weighted by Crippen LogP contribution is 1.92. The van der Waals surface area contributed by atoms with Crippen LogP contribution in [0.1, 0.15) is 41.7 Å². The molecule has 0 amide bonds. The van der Waals surface area contributed by atoms with Crippen LogP contribution in [0, 0.1) is 6.92 Å². The lowest BCUT2D eigenvalue weighted by molar-refractivity contribution is 0.399. The molecule has 0 spiro atoms. The van der Waals surface area contributed by atoms with E-state index in [-0.39, 0.29) is 22.3 Å². The number of hydrogen-bond acceptors (Lipinski definition) is 1. The molecule has 0 aromatic heterocycles. The second-order valence-corrected chi connectivity index (χ2v) is 1.65. The molecular weight excluding hydrogens is 172 g/mol. The van der Waals surface area contributed by atoms with Gasteiger partial charge in [-0.05, 0) is 6.92 Å². The summed E-state index contributed by atoms with van der Waals surface area (Å²) >= 11 is 0. The molecule has 88 valence electrons. The standard InChI is InChI=1S/C7H8.C2H6.CH4O.3CH4/c1-7-5-3-2-4-6-7;2*1-2;;;/h2-6H,1H3;1-2H3;2H,1H3;3*1H4. The first kappa shape index (κ1) is 29.2. The molecule has 1 aromatic carbocycles. The predicted molar refractivity (Wildman–Crippen MR) is 70.9 cm³/mol. The van der Waals surface area contributed by atoms with Crippen LogP contribution in [-0.2, 0) is 0 Å². The van der Waals surface area contributed by atoms with Crippen molar-refractivity contribution in [3.05, 3.63) is 35.9 Å². The van der Waals surface area contributed by atoms with Crippen LogP contribution < -0.4 is 0 Å². The molecule has 0 fully saturated rings. The van der Waals surface area contributed by atoms with Crippen molar-refractivity contribution >= 4 is 0 Å². The highest BCUT2D eigenvalue weighted by atomic mass is 16.2. The first-order valence-electron chi connectivity index (χ1n) is 3.86. The molecule has 1 N–H and O–H groups in total. The fourth-order valence-electron chi connectivity index (χ4n) is 0.534. The number of rotatable bonds is 0. The zero-order chi connectivity index (χ0) is 9.11.